The van der Waals surface area contributed by atoms with E-state index in [-0.39, 0.29) is 11.8 Å². The lowest BCUT2D eigenvalue weighted by Crippen LogP contribution is -2.36. The number of benzene rings is 3. The van der Waals surface area contributed by atoms with Gasteiger partial charge < -0.3 is 10.0 Å². The average molecular weight is 512 g/mol. The van der Waals surface area contributed by atoms with Gasteiger partial charge in [-0.25, -0.2) is 9.78 Å². The largest absolute Gasteiger partial charge is 0.478 e. The van der Waals surface area contributed by atoms with E-state index >= 15 is 0 Å². The number of anilines is 1. The molecule has 1 fully saturated rings. The number of thiazole rings is 1. The topological polar surface area (TPSA) is 70.5 Å². The van der Waals surface area contributed by atoms with E-state index in [0.29, 0.717) is 11.3 Å². The summed E-state index contributed by atoms with van der Waals surface area (Å²) in [4.78, 5) is 30.9. The van der Waals surface area contributed by atoms with Crippen molar-refractivity contribution < 1.29 is 16.1 Å². The Hall–Kier alpha value is -3.77. The summed E-state index contributed by atoms with van der Waals surface area (Å²) in [6.45, 7) is 1.08. The molecule has 0 bridgehead atoms. The third kappa shape index (κ3) is 5.97. The van der Waals surface area contributed by atoms with Gasteiger partial charge in [-0.05, 0) is 72.4 Å². The number of aryl methyl sites for hydroxylation is 1. The maximum atomic E-state index is 13.8. The summed E-state index contributed by atoms with van der Waals surface area (Å²) in [5.41, 5.74) is 5.11. The second kappa shape index (κ2) is 11.1. The summed E-state index contributed by atoms with van der Waals surface area (Å²) in [7, 11) is 0. The van der Waals surface area contributed by atoms with Crippen molar-refractivity contribution in [3.05, 3.63) is 88.9 Å². The molecule has 1 heterocycles. The number of carbonyl (C=O) groups excluding carboxylic acids is 1. The Morgan fingerprint density at radius 3 is 2.57 bits per heavy atom. The Morgan fingerprint density at radius 2 is 1.81 bits per heavy atom. The Bertz CT molecular complexity index is 1490. The molecule has 1 amide bonds. The number of hydrogen-bond acceptors (Lipinski definition) is 4. The van der Waals surface area contributed by atoms with E-state index < -0.39 is 12.5 Å². The molecule has 4 aromatic rings. The minimum atomic E-state index is -1.03. The van der Waals surface area contributed by atoms with Crippen LogP contribution in [-0.4, -0.2) is 22.0 Å². The fraction of sp³-hybridized carbons (Fsp3) is 0.258. The normalized spacial score (nSPS) is 15.5. The molecule has 5 nitrogen and oxygen atoms in total. The van der Waals surface area contributed by atoms with E-state index in [4.69, 9.17) is 6.48 Å². The number of amides is 1. The molecule has 1 aliphatic rings. The van der Waals surface area contributed by atoms with Gasteiger partial charge in [0.15, 0.2) is 0 Å². The van der Waals surface area contributed by atoms with Gasteiger partial charge in [0.05, 0.1) is 23.1 Å². The maximum absolute atomic E-state index is 13.8. The summed E-state index contributed by atoms with van der Waals surface area (Å²) < 4.78 is 10.3. The Kier molecular flexibility index (Phi) is 7.08. The van der Waals surface area contributed by atoms with Crippen LogP contribution in [0.1, 0.15) is 49.6 Å². The highest BCUT2D eigenvalue weighted by Crippen LogP contribution is 2.31. The van der Waals surface area contributed by atoms with Crippen molar-refractivity contribution in [3.63, 3.8) is 0 Å². The molecule has 188 valence electrons. The standard InChI is InChI=1S/C31H30N2O3S/c1-21-32-28-16-15-26(19-29(28)37-21)24-13-10-23(11-14-24)20-33(31(36)25-7-3-2-4-8-25)27-9-5-6-22(18-27)12-17-30(34)35/h5-6,9-19,25H,2-4,7-8,20H2,1H3,(H,34,35)/b17-12+/i20D. The van der Waals surface area contributed by atoms with Gasteiger partial charge in [0, 0.05) is 17.7 Å². The molecular weight excluding hydrogens is 480 g/mol. The molecule has 6 heteroatoms. The molecule has 1 aliphatic carbocycles. The third-order valence-corrected chi connectivity index (χ3v) is 7.71. The van der Waals surface area contributed by atoms with Crippen LogP contribution in [0.4, 0.5) is 5.69 Å². The summed E-state index contributed by atoms with van der Waals surface area (Å²) in [6.07, 6.45) is 7.42. The zero-order chi connectivity index (χ0) is 26.6. The number of rotatable bonds is 7. The SMILES string of the molecule is [2H]C(c1ccc(-c2ccc3nc(C)sc3c2)cc1)N(C(=O)C1CCCCC1)c1cccc(/C=C/C(=O)O)c1. The number of aromatic nitrogens is 1. The van der Waals surface area contributed by atoms with Crippen LogP contribution < -0.4 is 4.90 Å². The van der Waals surface area contributed by atoms with Crippen molar-refractivity contribution in [1.29, 1.82) is 0 Å². The first-order chi connectivity index (χ1) is 18.4. The second-order valence-electron chi connectivity index (χ2n) is 9.48. The number of carboxylic acid groups (broad SMARTS) is 1. The number of nitrogens with zero attached hydrogens (tertiary/aromatic N) is 2. The predicted molar refractivity (Wildman–Crippen MR) is 151 cm³/mol. The summed E-state index contributed by atoms with van der Waals surface area (Å²) in [5, 5.41) is 10.1. The van der Waals surface area contributed by atoms with Crippen LogP contribution in [0.5, 0.6) is 0 Å². The molecule has 0 aliphatic heterocycles. The molecule has 1 aromatic heterocycles. The Balaban J connectivity index is 1.46. The van der Waals surface area contributed by atoms with E-state index in [1.807, 2.05) is 43.3 Å². The van der Waals surface area contributed by atoms with Crippen molar-refractivity contribution in [2.45, 2.75) is 45.5 Å². The van der Waals surface area contributed by atoms with E-state index in [1.54, 1.807) is 34.4 Å². The van der Waals surface area contributed by atoms with E-state index in [1.165, 1.54) is 6.08 Å². The predicted octanol–water partition coefficient (Wildman–Crippen LogP) is 7.48. The minimum Gasteiger partial charge on any atom is -0.478 e. The summed E-state index contributed by atoms with van der Waals surface area (Å²) in [6, 6.07) is 21.3. The van der Waals surface area contributed by atoms with Gasteiger partial charge in [-0.15, -0.1) is 11.3 Å². The summed E-state index contributed by atoms with van der Waals surface area (Å²) >= 11 is 1.67. The Morgan fingerprint density at radius 1 is 1.05 bits per heavy atom. The molecule has 1 atom stereocenters. The first-order valence-electron chi connectivity index (χ1n) is 13.2. The first kappa shape index (κ1) is 23.6. The van der Waals surface area contributed by atoms with Gasteiger partial charge >= 0.3 is 5.97 Å². The molecule has 5 rings (SSSR count). The highest BCUT2D eigenvalue weighted by Gasteiger charge is 2.27. The highest BCUT2D eigenvalue weighted by molar-refractivity contribution is 7.18. The molecular formula is C31H30N2O3S. The van der Waals surface area contributed by atoms with E-state index in [2.05, 4.69) is 17.1 Å². The number of hydrogen-bond donors (Lipinski definition) is 1. The van der Waals surface area contributed by atoms with Crippen molar-refractivity contribution in [1.82, 2.24) is 4.98 Å². The fourth-order valence-electron chi connectivity index (χ4n) is 4.89. The first-order valence-corrected chi connectivity index (χ1v) is 13.4. The van der Waals surface area contributed by atoms with Crippen LogP contribution >= 0.6 is 11.3 Å². The quantitative estimate of drug-likeness (QED) is 0.261. The zero-order valence-electron chi connectivity index (χ0n) is 21.8. The van der Waals surface area contributed by atoms with Crippen LogP contribution in [-0.2, 0) is 16.1 Å². The van der Waals surface area contributed by atoms with Gasteiger partial charge in [-0.3, -0.25) is 4.79 Å². The molecule has 3 aromatic carbocycles. The molecule has 0 radical (unpaired) electrons. The number of fused-ring (bicyclic) bond motifs is 1. The van der Waals surface area contributed by atoms with Crippen LogP contribution in [0.25, 0.3) is 27.4 Å². The Labute approximate surface area is 222 Å². The van der Waals surface area contributed by atoms with Gasteiger partial charge in [0.25, 0.3) is 0 Å². The smallest absolute Gasteiger partial charge is 0.328 e. The van der Waals surface area contributed by atoms with Crippen molar-refractivity contribution in [2.75, 3.05) is 4.90 Å². The van der Waals surface area contributed by atoms with Gasteiger partial charge in [0.1, 0.15) is 0 Å². The summed E-state index contributed by atoms with van der Waals surface area (Å²) in [5.74, 6) is -1.18. The number of aliphatic carboxylic acids is 1. The van der Waals surface area contributed by atoms with Crippen molar-refractivity contribution >= 4 is 45.2 Å². The van der Waals surface area contributed by atoms with E-state index in [0.717, 1.165) is 70.1 Å². The van der Waals surface area contributed by atoms with Crippen molar-refractivity contribution in [2.24, 2.45) is 5.92 Å². The average Bonchev–Trinajstić information content (AvgIpc) is 3.32. The van der Waals surface area contributed by atoms with Crippen LogP contribution in [0.15, 0.2) is 72.8 Å². The lowest BCUT2D eigenvalue weighted by atomic mass is 9.88. The van der Waals surface area contributed by atoms with E-state index in [9.17, 15) is 9.59 Å². The van der Waals surface area contributed by atoms with Gasteiger partial charge in [-0.2, -0.15) is 0 Å². The van der Waals surface area contributed by atoms with Crippen LogP contribution in [0, 0.1) is 12.8 Å². The molecule has 0 saturated heterocycles. The number of carbonyl (C=O) groups is 2. The molecule has 1 N–H and O–H groups in total. The lowest BCUT2D eigenvalue weighted by molar-refractivity contribution is -0.131. The maximum Gasteiger partial charge on any atom is 0.328 e. The minimum absolute atomic E-state index is 0.0424. The van der Waals surface area contributed by atoms with Crippen LogP contribution in [0.3, 0.4) is 0 Å². The number of carboxylic acids is 1. The molecule has 0 spiro atoms. The highest BCUT2D eigenvalue weighted by atomic mass is 32.1. The van der Waals surface area contributed by atoms with Crippen molar-refractivity contribution in [3.8, 4) is 11.1 Å². The second-order valence-corrected chi connectivity index (χ2v) is 10.7. The third-order valence-electron chi connectivity index (χ3n) is 6.78. The van der Waals surface area contributed by atoms with Crippen LogP contribution in [0.2, 0.25) is 0 Å². The monoisotopic (exact) mass is 511 g/mol. The van der Waals surface area contributed by atoms with Gasteiger partial charge in [-0.1, -0.05) is 61.7 Å². The van der Waals surface area contributed by atoms with Gasteiger partial charge in [0.2, 0.25) is 5.91 Å². The zero-order valence-corrected chi connectivity index (χ0v) is 21.6. The molecule has 37 heavy (non-hydrogen) atoms. The lowest BCUT2D eigenvalue weighted by Gasteiger charge is -2.30. The molecule has 1 saturated carbocycles. The molecule has 1 unspecified atom stereocenters. The fourth-order valence-corrected chi connectivity index (χ4v) is 5.75.